The molecule has 0 unspecified atom stereocenters. The number of hydrogen-bond acceptors (Lipinski definition) is 5. The van der Waals surface area contributed by atoms with E-state index in [0.717, 1.165) is 4.90 Å². The van der Waals surface area contributed by atoms with E-state index >= 15 is 0 Å². The fraction of sp³-hybridized carbons (Fsp3) is 0.133. The van der Waals surface area contributed by atoms with Crippen LogP contribution in [0, 0.1) is 0 Å². The van der Waals surface area contributed by atoms with Crippen LogP contribution < -0.4 is 10.1 Å². The number of carbonyl (C=O) groups excluding carboxylic acids is 3. The monoisotopic (exact) mass is 302 g/mol. The maximum absolute atomic E-state index is 12.2. The van der Waals surface area contributed by atoms with Crippen LogP contribution in [0.2, 0.25) is 0 Å². The summed E-state index contributed by atoms with van der Waals surface area (Å²) >= 11 is 0. The number of nitrogens with zero attached hydrogens (tertiary/aromatic N) is 1. The van der Waals surface area contributed by atoms with E-state index in [2.05, 4.69) is 11.9 Å². The molecule has 1 aromatic rings. The molecule has 1 aliphatic heterocycles. The summed E-state index contributed by atoms with van der Waals surface area (Å²) in [5.74, 6) is -1.34. The first-order valence-corrected chi connectivity index (χ1v) is 6.34. The lowest BCUT2D eigenvalue weighted by atomic mass is 10.1. The number of carbonyl (C=O) groups is 3. The second kappa shape index (κ2) is 6.13. The summed E-state index contributed by atoms with van der Waals surface area (Å²) in [6, 6.07) is 3.58. The molecule has 0 radical (unpaired) electrons. The van der Waals surface area contributed by atoms with Crippen LogP contribution >= 0.6 is 0 Å². The predicted octanol–water partition coefficient (Wildman–Crippen LogP) is 1.05. The number of amides is 4. The molecule has 0 spiro atoms. The Balaban J connectivity index is 2.40. The van der Waals surface area contributed by atoms with Gasteiger partial charge in [0, 0.05) is 6.54 Å². The largest absolute Gasteiger partial charge is 0.504 e. The number of phenols is 1. The van der Waals surface area contributed by atoms with E-state index in [-0.39, 0.29) is 23.6 Å². The summed E-state index contributed by atoms with van der Waals surface area (Å²) in [5, 5.41) is 11.6. The number of phenolic OH excluding ortho intramolecular Hbond substituents is 1. The van der Waals surface area contributed by atoms with Gasteiger partial charge in [-0.1, -0.05) is 12.1 Å². The number of barbiturate groups is 1. The van der Waals surface area contributed by atoms with Crippen molar-refractivity contribution in [2.45, 2.75) is 0 Å². The maximum atomic E-state index is 12.2. The molecule has 1 heterocycles. The van der Waals surface area contributed by atoms with Crippen LogP contribution in [0.25, 0.3) is 6.08 Å². The molecule has 0 saturated carbocycles. The molecule has 0 aromatic heterocycles. The number of benzene rings is 1. The lowest BCUT2D eigenvalue weighted by Gasteiger charge is -2.25. The van der Waals surface area contributed by atoms with Crippen molar-refractivity contribution in [3.8, 4) is 11.5 Å². The summed E-state index contributed by atoms with van der Waals surface area (Å²) in [6.45, 7) is 3.46. The number of methoxy groups -OCH3 is 1. The van der Waals surface area contributed by atoms with E-state index < -0.39 is 17.8 Å². The Bertz CT molecular complexity index is 693. The van der Waals surface area contributed by atoms with Crippen molar-refractivity contribution >= 4 is 23.9 Å². The van der Waals surface area contributed by atoms with Crippen LogP contribution in [0.3, 0.4) is 0 Å². The van der Waals surface area contributed by atoms with Gasteiger partial charge in [0.1, 0.15) is 5.57 Å². The average molecular weight is 302 g/mol. The Morgan fingerprint density at radius 1 is 1.36 bits per heavy atom. The zero-order valence-electron chi connectivity index (χ0n) is 11.8. The molecule has 1 aromatic carbocycles. The molecule has 7 heteroatoms. The number of rotatable bonds is 4. The Kier molecular flexibility index (Phi) is 4.26. The van der Waals surface area contributed by atoms with Crippen LogP contribution in [0.5, 0.6) is 11.5 Å². The third-order valence-corrected chi connectivity index (χ3v) is 3.01. The van der Waals surface area contributed by atoms with Crippen LogP contribution in [0.15, 0.2) is 36.4 Å². The molecule has 1 aliphatic rings. The van der Waals surface area contributed by atoms with Gasteiger partial charge in [-0.2, -0.15) is 0 Å². The van der Waals surface area contributed by atoms with Crippen molar-refractivity contribution in [3.63, 3.8) is 0 Å². The van der Waals surface area contributed by atoms with Gasteiger partial charge in [0.05, 0.1) is 7.11 Å². The fourth-order valence-electron chi connectivity index (χ4n) is 1.94. The molecule has 2 rings (SSSR count). The lowest BCUT2D eigenvalue weighted by molar-refractivity contribution is -0.129. The number of aromatic hydroxyl groups is 1. The molecule has 1 fully saturated rings. The SMILES string of the molecule is C=CCN1C(=O)NC(=O)/C(=C\c2ccc(O)c(OC)c2)C1=O. The highest BCUT2D eigenvalue weighted by Crippen LogP contribution is 2.27. The second-order valence-corrected chi connectivity index (χ2v) is 4.45. The van der Waals surface area contributed by atoms with Crippen LogP contribution in [0.1, 0.15) is 5.56 Å². The number of hydrogen-bond donors (Lipinski definition) is 2. The molecular formula is C15H14N2O5. The van der Waals surface area contributed by atoms with E-state index in [1.165, 1.54) is 37.5 Å². The second-order valence-electron chi connectivity index (χ2n) is 4.45. The third kappa shape index (κ3) is 2.83. The van der Waals surface area contributed by atoms with Gasteiger partial charge in [0.2, 0.25) is 0 Å². The Hall–Kier alpha value is -3.09. The lowest BCUT2D eigenvalue weighted by Crippen LogP contribution is -2.54. The van der Waals surface area contributed by atoms with E-state index in [9.17, 15) is 19.5 Å². The first-order valence-electron chi connectivity index (χ1n) is 6.34. The third-order valence-electron chi connectivity index (χ3n) is 3.01. The Labute approximate surface area is 126 Å². The van der Waals surface area contributed by atoms with Crippen molar-refractivity contribution in [3.05, 3.63) is 42.0 Å². The van der Waals surface area contributed by atoms with Crippen LogP contribution in [-0.2, 0) is 9.59 Å². The molecule has 4 amide bonds. The normalized spacial score (nSPS) is 16.7. The highest BCUT2D eigenvalue weighted by atomic mass is 16.5. The van der Waals surface area contributed by atoms with E-state index in [1.54, 1.807) is 0 Å². The van der Waals surface area contributed by atoms with Crippen molar-refractivity contribution in [2.24, 2.45) is 0 Å². The van der Waals surface area contributed by atoms with Crippen molar-refractivity contribution in [1.29, 1.82) is 0 Å². The van der Waals surface area contributed by atoms with E-state index in [4.69, 9.17) is 4.74 Å². The van der Waals surface area contributed by atoms with Gasteiger partial charge in [0.15, 0.2) is 11.5 Å². The highest BCUT2D eigenvalue weighted by Gasteiger charge is 2.34. The van der Waals surface area contributed by atoms with Crippen molar-refractivity contribution in [1.82, 2.24) is 10.2 Å². The van der Waals surface area contributed by atoms with Gasteiger partial charge < -0.3 is 9.84 Å². The first-order chi connectivity index (χ1) is 10.5. The Morgan fingerprint density at radius 2 is 2.09 bits per heavy atom. The molecule has 1 saturated heterocycles. The summed E-state index contributed by atoms with van der Waals surface area (Å²) in [4.78, 5) is 36.5. The Morgan fingerprint density at radius 3 is 2.73 bits per heavy atom. The summed E-state index contributed by atoms with van der Waals surface area (Å²) < 4.78 is 4.96. The first kappa shape index (κ1) is 15.3. The molecule has 22 heavy (non-hydrogen) atoms. The molecule has 7 nitrogen and oxygen atoms in total. The van der Waals surface area contributed by atoms with E-state index in [0.29, 0.717) is 5.56 Å². The smallest absolute Gasteiger partial charge is 0.331 e. The minimum Gasteiger partial charge on any atom is -0.504 e. The fourth-order valence-corrected chi connectivity index (χ4v) is 1.94. The van der Waals surface area contributed by atoms with Gasteiger partial charge >= 0.3 is 6.03 Å². The summed E-state index contributed by atoms with van der Waals surface area (Å²) in [5.41, 5.74) is 0.287. The van der Waals surface area contributed by atoms with Gasteiger partial charge in [-0.25, -0.2) is 4.79 Å². The molecule has 0 aliphatic carbocycles. The number of ether oxygens (including phenoxy) is 1. The highest BCUT2D eigenvalue weighted by molar-refractivity contribution is 6.31. The van der Waals surface area contributed by atoms with Gasteiger partial charge in [-0.05, 0) is 23.8 Å². The predicted molar refractivity (Wildman–Crippen MR) is 78.1 cm³/mol. The average Bonchev–Trinajstić information content (AvgIpc) is 2.49. The van der Waals surface area contributed by atoms with Gasteiger partial charge in [-0.3, -0.25) is 19.8 Å². The number of nitrogens with one attached hydrogen (secondary N) is 1. The molecule has 0 atom stereocenters. The minimum absolute atomic E-state index is 0.00577. The molecule has 114 valence electrons. The van der Waals surface area contributed by atoms with Gasteiger partial charge in [-0.15, -0.1) is 6.58 Å². The van der Waals surface area contributed by atoms with Gasteiger partial charge in [0.25, 0.3) is 11.8 Å². The number of imide groups is 2. The van der Waals surface area contributed by atoms with Crippen LogP contribution in [0.4, 0.5) is 4.79 Å². The molecule has 0 bridgehead atoms. The van der Waals surface area contributed by atoms with Crippen LogP contribution in [-0.4, -0.2) is 41.5 Å². The zero-order chi connectivity index (χ0) is 16.3. The topological polar surface area (TPSA) is 95.9 Å². The molecule has 2 N–H and O–H groups in total. The van der Waals surface area contributed by atoms with Crippen molar-refractivity contribution in [2.75, 3.05) is 13.7 Å². The molecular weight excluding hydrogens is 288 g/mol. The van der Waals surface area contributed by atoms with E-state index in [1.807, 2.05) is 0 Å². The number of urea groups is 1. The standard InChI is InChI=1S/C15H14N2O5/c1-3-6-17-14(20)10(13(19)16-15(17)21)7-9-4-5-11(18)12(8-9)22-2/h3-5,7-8,18H,1,6H2,2H3,(H,16,19,21)/b10-7+. The van der Waals surface area contributed by atoms with Crippen molar-refractivity contribution < 1.29 is 24.2 Å². The summed E-state index contributed by atoms with van der Waals surface area (Å²) in [6.07, 6.45) is 2.70. The zero-order valence-corrected chi connectivity index (χ0v) is 11.8. The quantitative estimate of drug-likeness (QED) is 0.492. The minimum atomic E-state index is -0.782. The summed E-state index contributed by atoms with van der Waals surface area (Å²) in [7, 11) is 1.38. The maximum Gasteiger partial charge on any atom is 0.331 e.